The van der Waals surface area contributed by atoms with Crippen LogP contribution in [0.5, 0.6) is 0 Å². The molecular weight excluding hydrogens is 420 g/mol. The number of carbonyl (C=O) groups excluding carboxylic acids is 1. The number of carbonyl (C=O) groups is 1. The summed E-state index contributed by atoms with van der Waals surface area (Å²) in [4.78, 5) is 16.6. The highest BCUT2D eigenvalue weighted by atomic mass is 35.5. The minimum absolute atomic E-state index is 0.0765. The van der Waals surface area contributed by atoms with E-state index in [1.165, 1.54) is 24.6 Å². The van der Waals surface area contributed by atoms with Gasteiger partial charge in [-0.3, -0.25) is 4.79 Å². The van der Waals surface area contributed by atoms with E-state index in [1.807, 2.05) is 59.2 Å². The average Bonchev–Trinajstić information content (AvgIpc) is 3.23. The molecule has 0 fully saturated rings. The number of aromatic nitrogens is 3. The van der Waals surface area contributed by atoms with Gasteiger partial charge in [0.1, 0.15) is 0 Å². The number of benzene rings is 2. The van der Waals surface area contributed by atoms with Crippen LogP contribution >= 0.6 is 11.6 Å². The molecule has 32 heavy (non-hydrogen) atoms. The summed E-state index contributed by atoms with van der Waals surface area (Å²) in [5.74, 6) is 0.581. The molecule has 162 valence electrons. The number of amides is 1. The molecule has 2 aromatic heterocycles. The molecule has 4 aromatic rings. The molecule has 2 heterocycles. The number of rotatable bonds is 4. The number of halogens is 1. The second-order valence-corrected chi connectivity index (χ2v) is 8.90. The van der Waals surface area contributed by atoms with Crippen molar-refractivity contribution in [3.63, 3.8) is 0 Å². The van der Waals surface area contributed by atoms with E-state index in [0.29, 0.717) is 10.9 Å². The van der Waals surface area contributed by atoms with Crippen molar-refractivity contribution in [2.24, 2.45) is 5.92 Å². The van der Waals surface area contributed by atoms with Crippen LogP contribution in [0.15, 0.2) is 54.7 Å². The molecule has 0 spiro atoms. The Bertz CT molecular complexity index is 1290. The normalized spacial score (nSPS) is 15.5. The largest absolute Gasteiger partial charge is 0.326 e. The van der Waals surface area contributed by atoms with Crippen molar-refractivity contribution in [1.29, 1.82) is 0 Å². The first-order chi connectivity index (χ1) is 15.5. The second kappa shape index (κ2) is 8.40. The molecule has 0 saturated heterocycles. The van der Waals surface area contributed by atoms with Crippen LogP contribution in [-0.4, -0.2) is 20.5 Å². The Labute approximate surface area is 192 Å². The van der Waals surface area contributed by atoms with Crippen LogP contribution in [0.4, 0.5) is 5.69 Å². The summed E-state index contributed by atoms with van der Waals surface area (Å²) in [7, 11) is 0. The summed E-state index contributed by atoms with van der Waals surface area (Å²) in [5, 5.41) is 8.28. The van der Waals surface area contributed by atoms with Crippen molar-refractivity contribution in [2.45, 2.75) is 39.5 Å². The lowest BCUT2D eigenvalue weighted by Crippen LogP contribution is -2.19. The van der Waals surface area contributed by atoms with Gasteiger partial charge in [0.15, 0.2) is 5.65 Å². The topological polar surface area (TPSA) is 59.3 Å². The summed E-state index contributed by atoms with van der Waals surface area (Å²) >= 11 is 6.10. The van der Waals surface area contributed by atoms with Gasteiger partial charge in [-0.1, -0.05) is 49.2 Å². The van der Waals surface area contributed by atoms with E-state index < -0.39 is 0 Å². The van der Waals surface area contributed by atoms with Gasteiger partial charge in [-0.25, -0.2) is 9.50 Å². The molecule has 6 heteroatoms. The molecule has 5 nitrogen and oxygen atoms in total. The molecule has 0 bridgehead atoms. The van der Waals surface area contributed by atoms with E-state index in [-0.39, 0.29) is 5.91 Å². The first-order valence-corrected chi connectivity index (χ1v) is 11.4. The lowest BCUT2D eigenvalue weighted by atomic mass is 9.83. The van der Waals surface area contributed by atoms with Crippen molar-refractivity contribution in [2.75, 3.05) is 5.32 Å². The molecule has 1 aliphatic carbocycles. The maximum absolute atomic E-state index is 11.4. The van der Waals surface area contributed by atoms with Crippen molar-refractivity contribution in [1.82, 2.24) is 14.6 Å². The molecule has 1 aliphatic rings. The number of nitrogens with zero attached hydrogens (tertiary/aromatic N) is 3. The van der Waals surface area contributed by atoms with E-state index in [9.17, 15) is 4.79 Å². The van der Waals surface area contributed by atoms with Crippen LogP contribution in [0, 0.1) is 5.92 Å². The molecule has 0 aliphatic heterocycles. The van der Waals surface area contributed by atoms with E-state index in [2.05, 4.69) is 12.2 Å². The Morgan fingerprint density at radius 3 is 2.53 bits per heavy atom. The average molecular weight is 445 g/mol. The van der Waals surface area contributed by atoms with Gasteiger partial charge < -0.3 is 5.32 Å². The SMILES string of the molecule is CC[C@H]1CCc2c(c(-c3ccc(NC(C)=O)cc3)nc3c(-c4ccc(Cl)cc4)cnn23)C1. The van der Waals surface area contributed by atoms with Crippen LogP contribution in [0.25, 0.3) is 28.0 Å². The van der Waals surface area contributed by atoms with Crippen LogP contribution in [0.3, 0.4) is 0 Å². The highest BCUT2D eigenvalue weighted by molar-refractivity contribution is 6.30. The maximum Gasteiger partial charge on any atom is 0.221 e. The molecule has 2 aromatic carbocycles. The Hall–Kier alpha value is -3.18. The Balaban J connectivity index is 1.69. The quantitative estimate of drug-likeness (QED) is 0.408. The molecule has 0 radical (unpaired) electrons. The molecule has 1 atom stereocenters. The molecule has 0 unspecified atom stereocenters. The summed E-state index contributed by atoms with van der Waals surface area (Å²) in [6.07, 6.45) is 6.23. The Kier molecular flexibility index (Phi) is 5.43. The number of aryl methyl sites for hydroxylation is 1. The van der Waals surface area contributed by atoms with Crippen molar-refractivity contribution < 1.29 is 4.79 Å². The van der Waals surface area contributed by atoms with Gasteiger partial charge in [-0.2, -0.15) is 5.10 Å². The fraction of sp³-hybridized carbons (Fsp3) is 0.269. The van der Waals surface area contributed by atoms with Crippen LogP contribution < -0.4 is 5.32 Å². The second-order valence-electron chi connectivity index (χ2n) is 8.46. The lowest BCUT2D eigenvalue weighted by molar-refractivity contribution is -0.114. The molecule has 5 rings (SSSR count). The van der Waals surface area contributed by atoms with Crippen LogP contribution in [0.2, 0.25) is 5.02 Å². The number of hydrogen-bond donors (Lipinski definition) is 1. The third-order valence-electron chi connectivity index (χ3n) is 6.34. The smallest absolute Gasteiger partial charge is 0.221 e. The molecule has 1 N–H and O–H groups in total. The van der Waals surface area contributed by atoms with Crippen molar-refractivity contribution in [3.8, 4) is 22.4 Å². The molecule has 1 amide bonds. The summed E-state index contributed by atoms with van der Waals surface area (Å²) in [6.45, 7) is 3.78. The minimum Gasteiger partial charge on any atom is -0.326 e. The monoisotopic (exact) mass is 444 g/mol. The fourth-order valence-corrected chi connectivity index (χ4v) is 4.75. The maximum atomic E-state index is 11.4. The summed E-state index contributed by atoms with van der Waals surface area (Å²) < 4.78 is 2.03. The first-order valence-electron chi connectivity index (χ1n) is 11.1. The molecule has 0 saturated carbocycles. The zero-order valence-corrected chi connectivity index (χ0v) is 19.0. The number of anilines is 1. The first kappa shape index (κ1) is 20.7. The van der Waals surface area contributed by atoms with Crippen LogP contribution in [0.1, 0.15) is 37.9 Å². The van der Waals surface area contributed by atoms with Gasteiger partial charge in [0.2, 0.25) is 5.91 Å². The van der Waals surface area contributed by atoms with Gasteiger partial charge in [-0.15, -0.1) is 0 Å². The highest BCUT2D eigenvalue weighted by Gasteiger charge is 2.26. The zero-order chi connectivity index (χ0) is 22.2. The van der Waals surface area contributed by atoms with Gasteiger partial charge in [0.05, 0.1) is 11.9 Å². The predicted molar refractivity (Wildman–Crippen MR) is 129 cm³/mol. The van der Waals surface area contributed by atoms with Crippen LogP contribution in [-0.2, 0) is 17.6 Å². The van der Waals surface area contributed by atoms with Crippen molar-refractivity contribution in [3.05, 3.63) is 71.0 Å². The molecular formula is C26H25ClN4O. The van der Waals surface area contributed by atoms with Gasteiger partial charge >= 0.3 is 0 Å². The Morgan fingerprint density at radius 1 is 1.12 bits per heavy atom. The highest BCUT2D eigenvalue weighted by Crippen LogP contribution is 2.36. The van der Waals surface area contributed by atoms with E-state index in [4.69, 9.17) is 21.7 Å². The van der Waals surface area contributed by atoms with E-state index in [0.717, 1.165) is 53.0 Å². The van der Waals surface area contributed by atoms with Crippen molar-refractivity contribution >= 4 is 28.8 Å². The standard InChI is InChI=1S/C26H25ClN4O/c1-3-17-4-13-24-22(14-17)25(19-7-11-21(12-8-19)29-16(2)32)30-26-23(15-28-31(24)26)18-5-9-20(27)10-6-18/h5-12,15,17H,3-4,13-14H2,1-2H3,(H,29,32)/t17-/m0/s1. The fourth-order valence-electron chi connectivity index (χ4n) is 4.62. The Morgan fingerprint density at radius 2 is 1.84 bits per heavy atom. The number of fused-ring (bicyclic) bond motifs is 3. The third-order valence-corrected chi connectivity index (χ3v) is 6.60. The van der Waals surface area contributed by atoms with Gasteiger partial charge in [0.25, 0.3) is 0 Å². The number of nitrogens with one attached hydrogen (secondary N) is 1. The van der Waals surface area contributed by atoms with E-state index in [1.54, 1.807) is 0 Å². The summed E-state index contributed by atoms with van der Waals surface area (Å²) in [5.41, 5.74) is 8.29. The predicted octanol–water partition coefficient (Wildman–Crippen LogP) is 6.19. The van der Waals surface area contributed by atoms with E-state index >= 15 is 0 Å². The summed E-state index contributed by atoms with van der Waals surface area (Å²) in [6, 6.07) is 15.8. The minimum atomic E-state index is -0.0765. The lowest BCUT2D eigenvalue weighted by Gasteiger charge is -2.26. The zero-order valence-electron chi connectivity index (χ0n) is 18.2. The van der Waals surface area contributed by atoms with Gasteiger partial charge in [-0.05, 0) is 55.0 Å². The van der Waals surface area contributed by atoms with Gasteiger partial charge in [0, 0.05) is 40.0 Å². The third kappa shape index (κ3) is 3.78. The number of hydrogen-bond acceptors (Lipinski definition) is 3.